The van der Waals surface area contributed by atoms with E-state index in [1.165, 1.54) is 23.1 Å². The van der Waals surface area contributed by atoms with Gasteiger partial charge in [0, 0.05) is 21.7 Å². The highest BCUT2D eigenvalue weighted by Gasteiger charge is 2.29. The lowest BCUT2D eigenvalue weighted by Gasteiger charge is -2.23. The van der Waals surface area contributed by atoms with Crippen LogP contribution in [0.3, 0.4) is 0 Å². The van der Waals surface area contributed by atoms with Gasteiger partial charge < -0.3 is 10.6 Å². The van der Waals surface area contributed by atoms with Gasteiger partial charge in [0.25, 0.3) is 0 Å². The fraction of sp³-hybridized carbons (Fsp3) is 0.214. The van der Waals surface area contributed by atoms with E-state index in [0.717, 1.165) is 10.6 Å². The normalized spacial score (nSPS) is 16.8. The lowest BCUT2D eigenvalue weighted by atomic mass is 10.2. The summed E-state index contributed by atoms with van der Waals surface area (Å²) < 4.78 is 0. The summed E-state index contributed by atoms with van der Waals surface area (Å²) in [6, 6.07) is 5.31. The molecule has 22 heavy (non-hydrogen) atoms. The van der Waals surface area contributed by atoms with Gasteiger partial charge in [-0.1, -0.05) is 11.6 Å². The van der Waals surface area contributed by atoms with Crippen LogP contribution in [-0.4, -0.2) is 22.0 Å². The maximum absolute atomic E-state index is 12.1. The van der Waals surface area contributed by atoms with Gasteiger partial charge in [0.1, 0.15) is 0 Å². The summed E-state index contributed by atoms with van der Waals surface area (Å²) in [5.41, 5.74) is 1.55. The molecule has 1 aliphatic rings. The zero-order valence-corrected chi connectivity index (χ0v) is 13.9. The molecule has 1 unspecified atom stereocenters. The van der Waals surface area contributed by atoms with Crippen LogP contribution in [0.1, 0.15) is 12.1 Å². The number of hydrogen-bond donors (Lipinski definition) is 2. The number of aryl methyl sites for hydroxylation is 1. The number of thioether (sulfide) groups is 1. The molecule has 8 heteroatoms. The van der Waals surface area contributed by atoms with Crippen LogP contribution in [0, 0.1) is 6.92 Å². The topological polar surface area (TPSA) is 71.1 Å². The smallest absolute Gasteiger partial charge is 0.238 e. The van der Waals surface area contributed by atoms with E-state index in [1.807, 2.05) is 18.4 Å². The molecule has 2 amide bonds. The standard InChI is InChI=1S/C14H12ClN3O2S2/c1-7-6-21-14(16-7)18-12(19)5-11-13(20)17-9-4-8(15)2-3-10(9)22-11/h2-4,6,11H,5H2,1H3,(H,17,20)(H,16,18,19). The van der Waals surface area contributed by atoms with E-state index in [0.29, 0.717) is 15.8 Å². The van der Waals surface area contributed by atoms with Crippen LogP contribution in [-0.2, 0) is 9.59 Å². The Morgan fingerprint density at radius 1 is 1.50 bits per heavy atom. The number of anilines is 2. The third-order valence-corrected chi connectivity index (χ3v) is 5.38. The summed E-state index contributed by atoms with van der Waals surface area (Å²) in [5.74, 6) is -0.412. The van der Waals surface area contributed by atoms with Crippen molar-refractivity contribution in [3.05, 3.63) is 34.3 Å². The molecule has 3 rings (SSSR count). The molecule has 1 aliphatic heterocycles. The lowest BCUT2D eigenvalue weighted by molar-refractivity contribution is -0.120. The maximum atomic E-state index is 12.1. The van der Waals surface area contributed by atoms with Crippen molar-refractivity contribution in [1.29, 1.82) is 0 Å². The molecule has 1 aromatic carbocycles. The zero-order valence-electron chi connectivity index (χ0n) is 11.6. The molecule has 1 aromatic heterocycles. The van der Waals surface area contributed by atoms with Gasteiger partial charge in [-0.3, -0.25) is 9.59 Å². The number of amides is 2. The van der Waals surface area contributed by atoms with Gasteiger partial charge in [-0.25, -0.2) is 4.98 Å². The summed E-state index contributed by atoms with van der Waals surface area (Å²) in [4.78, 5) is 29.2. The third kappa shape index (κ3) is 3.43. The van der Waals surface area contributed by atoms with E-state index in [9.17, 15) is 9.59 Å². The van der Waals surface area contributed by atoms with Gasteiger partial charge in [0.05, 0.1) is 16.6 Å². The van der Waals surface area contributed by atoms with Crippen molar-refractivity contribution in [2.45, 2.75) is 23.5 Å². The minimum absolute atomic E-state index is 0.0944. The molecule has 2 aromatic rings. The number of hydrogen-bond acceptors (Lipinski definition) is 5. The Kier molecular flexibility index (Phi) is 4.37. The number of nitrogens with one attached hydrogen (secondary N) is 2. The predicted molar refractivity (Wildman–Crippen MR) is 89.8 cm³/mol. The van der Waals surface area contributed by atoms with E-state index in [-0.39, 0.29) is 18.2 Å². The van der Waals surface area contributed by atoms with Crippen LogP contribution in [0.15, 0.2) is 28.5 Å². The fourth-order valence-corrected chi connectivity index (χ4v) is 3.97. The molecular weight excluding hydrogens is 342 g/mol. The van der Waals surface area contributed by atoms with Crippen molar-refractivity contribution < 1.29 is 9.59 Å². The van der Waals surface area contributed by atoms with E-state index in [2.05, 4.69) is 15.6 Å². The molecule has 5 nitrogen and oxygen atoms in total. The molecule has 0 aliphatic carbocycles. The Bertz CT molecular complexity index is 747. The number of aromatic nitrogens is 1. The summed E-state index contributed by atoms with van der Waals surface area (Å²) in [7, 11) is 0. The van der Waals surface area contributed by atoms with Crippen LogP contribution in [0.2, 0.25) is 5.02 Å². The molecule has 0 saturated heterocycles. The third-order valence-electron chi connectivity index (χ3n) is 3.00. The molecule has 0 fully saturated rings. The zero-order chi connectivity index (χ0) is 15.7. The monoisotopic (exact) mass is 353 g/mol. The van der Waals surface area contributed by atoms with Crippen molar-refractivity contribution in [2.24, 2.45) is 0 Å². The molecule has 114 valence electrons. The minimum Gasteiger partial charge on any atom is -0.324 e. The average Bonchev–Trinajstić information content (AvgIpc) is 2.85. The number of thiazole rings is 1. The molecule has 2 heterocycles. The first-order chi connectivity index (χ1) is 10.5. The second-order valence-electron chi connectivity index (χ2n) is 4.78. The van der Waals surface area contributed by atoms with Crippen molar-refractivity contribution in [3.63, 3.8) is 0 Å². The number of rotatable bonds is 3. The van der Waals surface area contributed by atoms with Gasteiger partial charge in [-0.2, -0.15) is 0 Å². The molecule has 2 N–H and O–H groups in total. The highest BCUT2D eigenvalue weighted by molar-refractivity contribution is 8.01. The highest BCUT2D eigenvalue weighted by Crippen LogP contribution is 2.38. The SMILES string of the molecule is Cc1csc(NC(=O)CC2Sc3ccc(Cl)cc3NC2=O)n1. The molecule has 1 atom stereocenters. The Balaban J connectivity index is 1.66. The highest BCUT2D eigenvalue weighted by atomic mass is 35.5. The van der Waals surface area contributed by atoms with Crippen LogP contribution in [0.4, 0.5) is 10.8 Å². The Morgan fingerprint density at radius 2 is 2.32 bits per heavy atom. The van der Waals surface area contributed by atoms with Gasteiger partial charge in [0.15, 0.2) is 5.13 Å². The summed E-state index contributed by atoms with van der Waals surface area (Å²) in [6.45, 7) is 1.86. The fourth-order valence-electron chi connectivity index (χ4n) is 2.01. The van der Waals surface area contributed by atoms with E-state index < -0.39 is 5.25 Å². The first-order valence-corrected chi connectivity index (χ1v) is 8.64. The van der Waals surface area contributed by atoms with Gasteiger partial charge in [-0.15, -0.1) is 23.1 Å². The second-order valence-corrected chi connectivity index (χ2v) is 7.32. The quantitative estimate of drug-likeness (QED) is 0.885. The van der Waals surface area contributed by atoms with Crippen LogP contribution < -0.4 is 10.6 Å². The first-order valence-electron chi connectivity index (χ1n) is 6.50. The van der Waals surface area contributed by atoms with Gasteiger partial charge in [0.2, 0.25) is 11.8 Å². The lowest BCUT2D eigenvalue weighted by Crippen LogP contribution is -2.32. The molecular formula is C14H12ClN3O2S2. The minimum atomic E-state index is -0.463. The average molecular weight is 354 g/mol. The molecule has 0 spiro atoms. The number of fused-ring (bicyclic) bond motifs is 1. The number of benzene rings is 1. The number of carbonyl (C=O) groups excluding carboxylic acids is 2. The van der Waals surface area contributed by atoms with E-state index in [1.54, 1.807) is 12.1 Å². The van der Waals surface area contributed by atoms with Gasteiger partial charge >= 0.3 is 0 Å². The summed E-state index contributed by atoms with van der Waals surface area (Å²) >= 11 is 8.64. The van der Waals surface area contributed by atoms with E-state index in [4.69, 9.17) is 11.6 Å². The Hall–Kier alpha value is -1.57. The van der Waals surface area contributed by atoms with Crippen LogP contribution in [0.5, 0.6) is 0 Å². The van der Waals surface area contributed by atoms with Crippen molar-refractivity contribution in [1.82, 2.24) is 4.98 Å². The summed E-state index contributed by atoms with van der Waals surface area (Å²) in [6.07, 6.45) is 0.0944. The Morgan fingerprint density at radius 3 is 3.05 bits per heavy atom. The number of nitrogens with zero attached hydrogens (tertiary/aromatic N) is 1. The second kappa shape index (κ2) is 6.28. The number of halogens is 1. The van der Waals surface area contributed by atoms with Gasteiger partial charge in [-0.05, 0) is 25.1 Å². The van der Waals surface area contributed by atoms with Crippen LogP contribution >= 0.6 is 34.7 Å². The largest absolute Gasteiger partial charge is 0.324 e. The Labute approximate surface area is 140 Å². The maximum Gasteiger partial charge on any atom is 0.238 e. The molecule has 0 radical (unpaired) electrons. The number of carbonyl (C=O) groups is 2. The molecule has 0 saturated carbocycles. The van der Waals surface area contributed by atoms with Crippen molar-refractivity contribution in [3.8, 4) is 0 Å². The molecule has 0 bridgehead atoms. The van der Waals surface area contributed by atoms with Crippen LogP contribution in [0.25, 0.3) is 0 Å². The van der Waals surface area contributed by atoms with Crippen molar-refractivity contribution >= 4 is 57.3 Å². The summed E-state index contributed by atoms with van der Waals surface area (Å²) in [5, 5.41) is 8.02. The predicted octanol–water partition coefficient (Wildman–Crippen LogP) is 3.55. The first kappa shape index (κ1) is 15.3. The van der Waals surface area contributed by atoms with E-state index >= 15 is 0 Å². The van der Waals surface area contributed by atoms with Crippen molar-refractivity contribution in [2.75, 3.05) is 10.6 Å².